The highest BCUT2D eigenvalue weighted by Gasteiger charge is 2.46. The largest absolute Gasteiger partial charge is 0.440 e. The minimum absolute atomic E-state index is 0.0358. The molecule has 0 radical (unpaired) electrons. The highest BCUT2D eigenvalue weighted by molar-refractivity contribution is 6.91. The van der Waals surface area contributed by atoms with Gasteiger partial charge in [-0.05, 0) is 105 Å². The molecule has 61 heavy (non-hydrogen) atoms. The smallest absolute Gasteiger partial charge is 0.337 e. The average Bonchev–Trinajstić information content (AvgIpc) is 3.88. The highest BCUT2D eigenvalue weighted by atomic mass is 16.4. The maximum absolute atomic E-state index is 7.26. The number of nitrogens with zero attached hydrogens (tertiary/aromatic N) is 3. The Morgan fingerprint density at radius 2 is 1.10 bits per heavy atom. The van der Waals surface area contributed by atoms with Gasteiger partial charge in [0.05, 0.1) is 11.0 Å². The average molecular weight is 792 g/mol. The summed E-state index contributed by atoms with van der Waals surface area (Å²) in [6, 6.07) is 52.7. The standard InChI is InChI=1S/C56H50BN3O/c1-54(2,3)33-22-25-37(26-23-33)59-48-30-35(56(7,8)9)29-43-40-20-15-19-39-42-31-46-41(38-18-13-14-21-45(38)58(46)36-16-11-10-12-17-36)32-47(42)60(52(39)40)57(50(43)48)51-44-28-34(55(4,5)6)24-27-49(44)61-53(51)59/h10-32H,1-9H3. The normalized spacial score (nSPS) is 13.9. The summed E-state index contributed by atoms with van der Waals surface area (Å²) in [6.07, 6.45) is 0. The van der Waals surface area contributed by atoms with E-state index in [0.29, 0.717) is 0 Å². The maximum atomic E-state index is 7.26. The Morgan fingerprint density at radius 1 is 0.443 bits per heavy atom. The highest BCUT2D eigenvalue weighted by Crippen LogP contribution is 2.49. The molecule has 5 heterocycles. The summed E-state index contributed by atoms with van der Waals surface area (Å²) in [5.41, 5.74) is 18.3. The minimum atomic E-state index is -0.134. The molecule has 298 valence electrons. The van der Waals surface area contributed by atoms with Gasteiger partial charge in [0, 0.05) is 66.1 Å². The van der Waals surface area contributed by atoms with Crippen molar-refractivity contribution in [3.63, 3.8) is 0 Å². The first-order valence-electron chi connectivity index (χ1n) is 21.9. The zero-order chi connectivity index (χ0) is 41.9. The van der Waals surface area contributed by atoms with Gasteiger partial charge in [0.15, 0.2) is 0 Å². The maximum Gasteiger partial charge on any atom is 0.337 e. The van der Waals surface area contributed by atoms with E-state index in [1.807, 2.05) is 0 Å². The number of rotatable bonds is 2. The number of hydrogen-bond donors (Lipinski definition) is 0. The second-order valence-electron chi connectivity index (χ2n) is 20.7. The van der Waals surface area contributed by atoms with E-state index in [4.69, 9.17) is 4.42 Å². The Bertz CT molecular complexity index is 3470. The fraction of sp³-hybridized carbons (Fsp3) is 0.214. The Labute approximate surface area is 358 Å². The van der Waals surface area contributed by atoms with Crippen molar-refractivity contribution < 1.29 is 4.42 Å². The van der Waals surface area contributed by atoms with Crippen LogP contribution in [0, 0.1) is 0 Å². The number of para-hydroxylation sites is 3. The lowest BCUT2D eigenvalue weighted by molar-refractivity contribution is 0.588. The molecule has 3 aromatic heterocycles. The molecule has 0 bridgehead atoms. The second kappa shape index (κ2) is 12.1. The van der Waals surface area contributed by atoms with E-state index in [2.05, 4.69) is 216 Å². The van der Waals surface area contributed by atoms with Crippen LogP contribution in [0.1, 0.15) is 79.0 Å². The van der Waals surface area contributed by atoms with Crippen LogP contribution in [0.25, 0.3) is 71.4 Å². The van der Waals surface area contributed by atoms with Crippen LogP contribution >= 0.6 is 0 Å². The SMILES string of the molecule is CC(C)(C)c1ccc(N2c3cc(C(C)(C)C)cc4c3B(c3c2oc2ccc(C(C)(C)C)cc32)n2c3cc5c6ccccc6n(-c6ccccc6)c5cc3c3cccc-4c32)cc1. The van der Waals surface area contributed by atoms with Gasteiger partial charge < -0.3 is 13.5 Å². The number of benzene rings is 7. The monoisotopic (exact) mass is 791 g/mol. The van der Waals surface area contributed by atoms with Crippen LogP contribution in [0.2, 0.25) is 0 Å². The molecule has 7 aromatic carbocycles. The molecule has 12 rings (SSSR count). The molecule has 0 unspecified atom stereocenters. The van der Waals surface area contributed by atoms with Gasteiger partial charge in [-0.15, -0.1) is 0 Å². The van der Waals surface area contributed by atoms with Crippen LogP contribution < -0.4 is 15.8 Å². The first-order valence-corrected chi connectivity index (χ1v) is 21.9. The summed E-state index contributed by atoms with van der Waals surface area (Å²) < 4.78 is 12.4. The zero-order valence-corrected chi connectivity index (χ0v) is 36.6. The lowest BCUT2D eigenvalue weighted by Crippen LogP contribution is -2.56. The van der Waals surface area contributed by atoms with Crippen LogP contribution in [0.3, 0.4) is 0 Å². The molecule has 0 aliphatic carbocycles. The number of hydrogen-bond acceptors (Lipinski definition) is 2. The predicted molar refractivity (Wildman–Crippen MR) is 260 cm³/mol. The van der Waals surface area contributed by atoms with Crippen molar-refractivity contribution in [2.24, 2.45) is 0 Å². The van der Waals surface area contributed by atoms with Gasteiger partial charge in [-0.3, -0.25) is 4.90 Å². The van der Waals surface area contributed by atoms with Gasteiger partial charge in [0.2, 0.25) is 5.88 Å². The molecular weight excluding hydrogens is 741 g/mol. The third kappa shape index (κ3) is 5.07. The molecule has 0 atom stereocenters. The van der Waals surface area contributed by atoms with Crippen LogP contribution in [0.15, 0.2) is 144 Å². The fourth-order valence-corrected chi connectivity index (χ4v) is 10.5. The summed E-state index contributed by atoms with van der Waals surface area (Å²) in [5.74, 6) is 0.898. The van der Waals surface area contributed by atoms with Crippen molar-refractivity contribution in [1.29, 1.82) is 0 Å². The number of anilines is 3. The van der Waals surface area contributed by atoms with Crippen molar-refractivity contribution >= 4 is 89.6 Å². The molecule has 0 saturated heterocycles. The first kappa shape index (κ1) is 36.4. The van der Waals surface area contributed by atoms with E-state index >= 15 is 0 Å². The van der Waals surface area contributed by atoms with E-state index in [1.165, 1.54) is 99.1 Å². The summed E-state index contributed by atoms with van der Waals surface area (Å²) >= 11 is 0. The number of furan rings is 1. The second-order valence-corrected chi connectivity index (χ2v) is 20.7. The molecular formula is C56H50BN3O. The van der Waals surface area contributed by atoms with Crippen LogP contribution in [0.4, 0.5) is 17.3 Å². The lowest BCUT2D eigenvalue weighted by atomic mass is 9.45. The molecule has 0 fully saturated rings. The zero-order valence-electron chi connectivity index (χ0n) is 36.6. The van der Waals surface area contributed by atoms with E-state index in [0.717, 1.165) is 17.2 Å². The van der Waals surface area contributed by atoms with Crippen molar-refractivity contribution in [3.8, 4) is 16.8 Å². The van der Waals surface area contributed by atoms with Gasteiger partial charge in [-0.1, -0.05) is 141 Å². The summed E-state index contributed by atoms with van der Waals surface area (Å²) in [4.78, 5) is 2.44. The number of fused-ring (bicyclic) bond motifs is 12. The van der Waals surface area contributed by atoms with Crippen molar-refractivity contribution in [3.05, 3.63) is 156 Å². The third-order valence-corrected chi connectivity index (χ3v) is 13.8. The molecule has 0 spiro atoms. The van der Waals surface area contributed by atoms with Crippen LogP contribution in [0.5, 0.6) is 0 Å². The Kier molecular flexibility index (Phi) is 7.22. The molecule has 0 N–H and O–H groups in total. The van der Waals surface area contributed by atoms with E-state index < -0.39 is 0 Å². The molecule has 0 amide bonds. The summed E-state index contributed by atoms with van der Waals surface area (Å²) in [6.45, 7) is 20.7. The van der Waals surface area contributed by atoms with Gasteiger partial charge in [0.1, 0.15) is 5.58 Å². The molecule has 10 aromatic rings. The van der Waals surface area contributed by atoms with Crippen LogP contribution in [-0.4, -0.2) is 15.9 Å². The third-order valence-electron chi connectivity index (χ3n) is 13.8. The Morgan fingerprint density at radius 3 is 1.84 bits per heavy atom. The lowest BCUT2D eigenvalue weighted by Gasteiger charge is -2.39. The van der Waals surface area contributed by atoms with Crippen molar-refractivity contribution in [2.75, 3.05) is 4.90 Å². The van der Waals surface area contributed by atoms with Crippen molar-refractivity contribution in [1.82, 2.24) is 9.05 Å². The van der Waals surface area contributed by atoms with Crippen LogP contribution in [-0.2, 0) is 16.2 Å². The molecule has 0 saturated carbocycles. The van der Waals surface area contributed by atoms with Crippen molar-refractivity contribution in [2.45, 2.75) is 78.6 Å². The summed E-state index contributed by atoms with van der Waals surface area (Å²) in [5, 5.41) is 6.23. The van der Waals surface area contributed by atoms with Gasteiger partial charge >= 0.3 is 6.85 Å². The predicted octanol–water partition coefficient (Wildman–Crippen LogP) is 13.9. The molecule has 2 aliphatic heterocycles. The summed E-state index contributed by atoms with van der Waals surface area (Å²) in [7, 11) is 0. The minimum Gasteiger partial charge on any atom is -0.440 e. The quantitative estimate of drug-likeness (QED) is 0.163. The van der Waals surface area contributed by atoms with E-state index in [9.17, 15) is 0 Å². The Balaban J connectivity index is 1.25. The van der Waals surface area contributed by atoms with Gasteiger partial charge in [-0.2, -0.15) is 0 Å². The molecule has 4 nitrogen and oxygen atoms in total. The van der Waals surface area contributed by atoms with E-state index in [1.54, 1.807) is 0 Å². The first-order chi connectivity index (χ1) is 29.2. The van der Waals surface area contributed by atoms with Gasteiger partial charge in [0.25, 0.3) is 0 Å². The van der Waals surface area contributed by atoms with E-state index in [-0.39, 0.29) is 23.1 Å². The number of aromatic nitrogens is 2. The molecule has 2 aliphatic rings. The fourth-order valence-electron chi connectivity index (χ4n) is 10.5. The van der Waals surface area contributed by atoms with Gasteiger partial charge in [-0.25, -0.2) is 0 Å². The molecule has 5 heteroatoms. The Hall–Kier alpha value is -6.46. The topological polar surface area (TPSA) is 26.2 Å².